The third-order valence-electron chi connectivity index (χ3n) is 4.04. The Hall–Kier alpha value is -1.41. The first-order valence-electron chi connectivity index (χ1n) is 6.87. The second kappa shape index (κ2) is 5.07. The van der Waals surface area contributed by atoms with Crippen LogP contribution in [0.4, 0.5) is 0 Å². The van der Waals surface area contributed by atoms with Crippen LogP contribution in [-0.4, -0.2) is 16.2 Å². The van der Waals surface area contributed by atoms with Gasteiger partial charge in [0.2, 0.25) is 0 Å². The third-order valence-corrected chi connectivity index (χ3v) is 4.04. The zero-order chi connectivity index (χ0) is 12.4. The zero-order valence-electron chi connectivity index (χ0n) is 10.5. The molecule has 2 heteroatoms. The number of rotatable bonds is 1. The van der Waals surface area contributed by atoms with Gasteiger partial charge in [-0.1, -0.05) is 37.5 Å². The largest absolute Gasteiger partial charge is 0.392 e. The monoisotopic (exact) mass is 241 g/mol. The molecule has 2 unspecified atom stereocenters. The van der Waals surface area contributed by atoms with Gasteiger partial charge in [0, 0.05) is 17.5 Å². The predicted molar refractivity (Wildman–Crippen MR) is 73.6 cm³/mol. The summed E-state index contributed by atoms with van der Waals surface area (Å²) in [5.74, 6) is 0.291. The molecule has 1 aromatic carbocycles. The number of benzene rings is 1. The molecule has 94 valence electrons. The predicted octanol–water partition coefficient (Wildman–Crippen LogP) is 3.64. The van der Waals surface area contributed by atoms with E-state index in [1.807, 2.05) is 12.3 Å². The lowest BCUT2D eigenvalue weighted by Gasteiger charge is -2.21. The third kappa shape index (κ3) is 2.25. The summed E-state index contributed by atoms with van der Waals surface area (Å²) in [5, 5.41) is 11.4. The Morgan fingerprint density at radius 3 is 2.89 bits per heavy atom. The highest BCUT2D eigenvalue weighted by Gasteiger charge is 2.23. The first-order valence-corrected chi connectivity index (χ1v) is 6.87. The first kappa shape index (κ1) is 11.7. The normalized spacial score (nSPS) is 24.9. The van der Waals surface area contributed by atoms with Crippen molar-refractivity contribution in [2.24, 2.45) is 0 Å². The molecule has 0 radical (unpaired) electrons. The molecule has 1 aromatic heterocycles. The lowest BCUT2D eigenvalue weighted by molar-refractivity contribution is 0.135. The van der Waals surface area contributed by atoms with Gasteiger partial charge in [-0.05, 0) is 30.5 Å². The maximum atomic E-state index is 10.3. The quantitative estimate of drug-likeness (QED) is 0.773. The molecule has 1 aliphatic rings. The molecule has 0 amide bonds. The van der Waals surface area contributed by atoms with Gasteiger partial charge in [0.15, 0.2) is 0 Å². The van der Waals surface area contributed by atoms with E-state index in [2.05, 4.69) is 29.2 Å². The average Bonchev–Trinajstić information content (AvgIpc) is 2.63. The van der Waals surface area contributed by atoms with Crippen molar-refractivity contribution in [1.29, 1.82) is 0 Å². The molecule has 1 saturated carbocycles. The number of aromatic nitrogens is 1. The van der Waals surface area contributed by atoms with Gasteiger partial charge in [0.1, 0.15) is 0 Å². The Bertz CT molecular complexity index is 537. The molecule has 2 atom stereocenters. The van der Waals surface area contributed by atoms with E-state index in [1.165, 1.54) is 23.8 Å². The number of hydrogen-bond acceptors (Lipinski definition) is 2. The van der Waals surface area contributed by atoms with Crippen LogP contribution in [0.2, 0.25) is 0 Å². The number of fused-ring (bicyclic) bond motifs is 1. The van der Waals surface area contributed by atoms with Crippen molar-refractivity contribution >= 4 is 10.9 Å². The number of hydrogen-bond donors (Lipinski definition) is 1. The van der Waals surface area contributed by atoms with Gasteiger partial charge in [-0.3, -0.25) is 4.98 Å². The highest BCUT2D eigenvalue weighted by atomic mass is 16.3. The first-order chi connectivity index (χ1) is 8.84. The van der Waals surface area contributed by atoms with Crippen LogP contribution in [0.15, 0.2) is 36.5 Å². The van der Waals surface area contributed by atoms with E-state index >= 15 is 0 Å². The second-order valence-corrected chi connectivity index (χ2v) is 5.27. The molecule has 0 saturated heterocycles. The molecule has 0 aliphatic heterocycles. The maximum Gasteiger partial charge on any atom is 0.0704 e. The lowest BCUT2D eigenvalue weighted by atomic mass is 9.89. The summed E-state index contributed by atoms with van der Waals surface area (Å²) >= 11 is 0. The van der Waals surface area contributed by atoms with Crippen molar-refractivity contribution in [3.63, 3.8) is 0 Å². The summed E-state index contributed by atoms with van der Waals surface area (Å²) in [6.45, 7) is 0. The van der Waals surface area contributed by atoms with E-state index < -0.39 is 0 Å². The summed E-state index contributed by atoms with van der Waals surface area (Å²) in [6.07, 6.45) is 7.30. The number of aliphatic hydroxyl groups excluding tert-OH is 1. The van der Waals surface area contributed by atoms with Crippen LogP contribution in [0.5, 0.6) is 0 Å². The summed E-state index contributed by atoms with van der Waals surface area (Å²) in [4.78, 5) is 4.40. The molecule has 18 heavy (non-hydrogen) atoms. The molecule has 1 fully saturated rings. The number of pyridine rings is 1. The van der Waals surface area contributed by atoms with Crippen molar-refractivity contribution in [3.05, 3.63) is 42.1 Å². The number of aliphatic hydroxyl groups is 1. The van der Waals surface area contributed by atoms with Crippen LogP contribution in [0.25, 0.3) is 10.9 Å². The van der Waals surface area contributed by atoms with E-state index in [0.717, 1.165) is 24.8 Å². The molecular weight excluding hydrogens is 222 g/mol. The van der Waals surface area contributed by atoms with Crippen LogP contribution < -0.4 is 0 Å². The fraction of sp³-hybridized carbons (Fsp3) is 0.438. The van der Waals surface area contributed by atoms with Gasteiger partial charge in [0.05, 0.1) is 11.6 Å². The van der Waals surface area contributed by atoms with E-state index in [0.29, 0.717) is 5.92 Å². The van der Waals surface area contributed by atoms with Crippen LogP contribution in [0, 0.1) is 0 Å². The SMILES string of the molecule is OC1CCCCCC1c1ccc2cccnc2c1. The summed E-state index contributed by atoms with van der Waals surface area (Å²) in [5.41, 5.74) is 2.28. The van der Waals surface area contributed by atoms with Crippen LogP contribution >= 0.6 is 0 Å². The smallest absolute Gasteiger partial charge is 0.0704 e. The number of nitrogens with zero attached hydrogens (tertiary/aromatic N) is 1. The summed E-state index contributed by atoms with van der Waals surface area (Å²) in [6, 6.07) is 10.5. The lowest BCUT2D eigenvalue weighted by Crippen LogP contribution is -2.16. The van der Waals surface area contributed by atoms with Crippen molar-refractivity contribution in [3.8, 4) is 0 Å². The molecule has 1 N–H and O–H groups in total. The Morgan fingerprint density at radius 1 is 1.06 bits per heavy atom. The zero-order valence-corrected chi connectivity index (χ0v) is 10.5. The average molecular weight is 241 g/mol. The fourth-order valence-corrected chi connectivity index (χ4v) is 2.99. The minimum absolute atomic E-state index is 0.186. The van der Waals surface area contributed by atoms with E-state index in [-0.39, 0.29) is 6.10 Å². The highest BCUT2D eigenvalue weighted by Crippen LogP contribution is 2.33. The fourth-order valence-electron chi connectivity index (χ4n) is 2.99. The highest BCUT2D eigenvalue weighted by molar-refractivity contribution is 5.79. The Kier molecular flexibility index (Phi) is 3.28. The van der Waals surface area contributed by atoms with Crippen molar-refractivity contribution < 1.29 is 5.11 Å². The van der Waals surface area contributed by atoms with Gasteiger partial charge in [-0.2, -0.15) is 0 Å². The Labute approximate surface area is 108 Å². The van der Waals surface area contributed by atoms with E-state index in [9.17, 15) is 5.11 Å². The molecule has 3 rings (SSSR count). The summed E-state index contributed by atoms with van der Waals surface area (Å²) in [7, 11) is 0. The van der Waals surface area contributed by atoms with Crippen molar-refractivity contribution in [2.75, 3.05) is 0 Å². The van der Waals surface area contributed by atoms with Gasteiger partial charge in [0.25, 0.3) is 0 Å². The van der Waals surface area contributed by atoms with E-state index in [4.69, 9.17) is 0 Å². The second-order valence-electron chi connectivity index (χ2n) is 5.27. The molecule has 1 aliphatic carbocycles. The minimum atomic E-state index is -0.186. The molecular formula is C16H19NO. The molecule has 0 bridgehead atoms. The van der Waals surface area contributed by atoms with Crippen LogP contribution in [-0.2, 0) is 0 Å². The van der Waals surface area contributed by atoms with Crippen LogP contribution in [0.1, 0.15) is 43.6 Å². The molecule has 1 heterocycles. The molecule has 2 nitrogen and oxygen atoms in total. The van der Waals surface area contributed by atoms with Gasteiger partial charge < -0.3 is 5.11 Å². The van der Waals surface area contributed by atoms with Gasteiger partial charge >= 0.3 is 0 Å². The summed E-state index contributed by atoms with van der Waals surface area (Å²) < 4.78 is 0. The topological polar surface area (TPSA) is 33.1 Å². The van der Waals surface area contributed by atoms with Crippen LogP contribution in [0.3, 0.4) is 0 Å². The molecule has 0 spiro atoms. The molecule has 2 aromatic rings. The minimum Gasteiger partial charge on any atom is -0.392 e. The van der Waals surface area contributed by atoms with Gasteiger partial charge in [-0.15, -0.1) is 0 Å². The standard InChI is InChI=1S/C16H19NO/c18-16-7-3-1-2-6-14(16)13-9-8-12-5-4-10-17-15(12)11-13/h4-5,8-11,14,16,18H,1-3,6-7H2. The Morgan fingerprint density at radius 2 is 1.94 bits per heavy atom. The Balaban J connectivity index is 1.97. The van der Waals surface area contributed by atoms with Gasteiger partial charge in [-0.25, -0.2) is 0 Å². The van der Waals surface area contributed by atoms with Crippen molar-refractivity contribution in [1.82, 2.24) is 4.98 Å². The van der Waals surface area contributed by atoms with Crippen molar-refractivity contribution in [2.45, 2.75) is 44.1 Å². The van der Waals surface area contributed by atoms with E-state index in [1.54, 1.807) is 0 Å². The maximum absolute atomic E-state index is 10.3.